The van der Waals surface area contributed by atoms with Crippen LogP contribution in [0.2, 0.25) is 0 Å². The fourth-order valence-corrected chi connectivity index (χ4v) is 2.35. The molecule has 0 aliphatic carbocycles. The lowest BCUT2D eigenvalue weighted by Gasteiger charge is -1.99. The van der Waals surface area contributed by atoms with Crippen LogP contribution in [0.1, 0.15) is 0 Å². The second kappa shape index (κ2) is 3.23. The summed E-state index contributed by atoms with van der Waals surface area (Å²) >= 11 is 1.20. The first-order chi connectivity index (χ1) is 6.61. The number of hydrogen-bond donors (Lipinski definition) is 3. The molecule has 0 spiro atoms. The van der Waals surface area contributed by atoms with E-state index < -0.39 is 12.9 Å². The molecule has 0 aliphatic rings. The van der Waals surface area contributed by atoms with Gasteiger partial charge in [-0.2, -0.15) is 0 Å². The Bertz CT molecular complexity index is 485. The number of fused-ring (bicyclic) bond motifs is 1. The molecule has 2 aromatic rings. The van der Waals surface area contributed by atoms with Gasteiger partial charge >= 0.3 is 7.12 Å². The van der Waals surface area contributed by atoms with E-state index in [2.05, 4.69) is 0 Å². The van der Waals surface area contributed by atoms with Crippen molar-refractivity contribution in [3.8, 4) is 0 Å². The summed E-state index contributed by atoms with van der Waals surface area (Å²) in [5, 5.41) is 20.1. The Morgan fingerprint density at radius 3 is 2.71 bits per heavy atom. The van der Waals surface area contributed by atoms with Gasteiger partial charge in [0.05, 0.1) is 10.4 Å². The number of rotatable bonds is 1. The van der Waals surface area contributed by atoms with Gasteiger partial charge in [0.1, 0.15) is 5.82 Å². The van der Waals surface area contributed by atoms with E-state index in [0.717, 1.165) is 0 Å². The van der Waals surface area contributed by atoms with Gasteiger partial charge in [0.25, 0.3) is 0 Å². The molecule has 0 radical (unpaired) electrons. The highest BCUT2D eigenvalue weighted by Gasteiger charge is 2.18. The van der Waals surface area contributed by atoms with Crippen molar-refractivity contribution in [2.75, 3.05) is 5.73 Å². The van der Waals surface area contributed by atoms with Gasteiger partial charge < -0.3 is 15.8 Å². The summed E-state index contributed by atoms with van der Waals surface area (Å²) in [5.41, 5.74) is 5.92. The first-order valence-corrected chi connectivity index (χ1v) is 4.80. The summed E-state index contributed by atoms with van der Waals surface area (Å²) < 4.78 is 13.6. The molecule has 4 N–H and O–H groups in total. The topological polar surface area (TPSA) is 66.5 Å². The largest absolute Gasteiger partial charge is 0.489 e. The first kappa shape index (κ1) is 9.45. The summed E-state index contributed by atoms with van der Waals surface area (Å²) in [6, 6.07) is 2.71. The fraction of sp³-hybridized carbons (Fsp3) is 0. The Balaban J connectivity index is 2.77. The zero-order valence-corrected chi connectivity index (χ0v) is 7.88. The monoisotopic (exact) mass is 211 g/mol. The van der Waals surface area contributed by atoms with E-state index >= 15 is 0 Å². The number of nitrogen functional groups attached to an aromatic ring is 1. The van der Waals surface area contributed by atoms with Crippen molar-refractivity contribution in [3.63, 3.8) is 0 Å². The number of benzene rings is 1. The van der Waals surface area contributed by atoms with E-state index in [0.29, 0.717) is 15.5 Å². The third kappa shape index (κ3) is 1.28. The standard InChI is InChI=1S/C8H7BFNO2S/c10-6-2-1-4-5(9(12)13)3-14-8(4)7(6)11/h1-3,12-13H,11H2. The van der Waals surface area contributed by atoms with Gasteiger partial charge in [-0.3, -0.25) is 0 Å². The Hall–Kier alpha value is -1.11. The Kier molecular flexibility index (Phi) is 2.18. The minimum Gasteiger partial charge on any atom is -0.423 e. The first-order valence-electron chi connectivity index (χ1n) is 3.92. The van der Waals surface area contributed by atoms with Crippen molar-refractivity contribution in [3.05, 3.63) is 23.3 Å². The molecule has 0 amide bonds. The van der Waals surface area contributed by atoms with Crippen LogP contribution >= 0.6 is 11.3 Å². The highest BCUT2D eigenvalue weighted by Crippen LogP contribution is 2.27. The Morgan fingerprint density at radius 2 is 2.07 bits per heavy atom. The van der Waals surface area contributed by atoms with Crippen LogP contribution in [0.25, 0.3) is 10.1 Å². The van der Waals surface area contributed by atoms with E-state index in [1.165, 1.54) is 23.5 Å². The Morgan fingerprint density at radius 1 is 1.36 bits per heavy atom. The number of halogens is 1. The highest BCUT2D eigenvalue weighted by molar-refractivity contribution is 7.19. The minimum atomic E-state index is -1.55. The van der Waals surface area contributed by atoms with Crippen molar-refractivity contribution >= 4 is 39.7 Å². The normalized spacial score (nSPS) is 10.8. The second-order valence-electron chi connectivity index (χ2n) is 2.90. The molecule has 2 rings (SSSR count). The Labute approximate surface area is 83.7 Å². The van der Waals surface area contributed by atoms with Gasteiger partial charge in [-0.1, -0.05) is 6.07 Å². The maximum Gasteiger partial charge on any atom is 0.489 e. The van der Waals surface area contributed by atoms with Gasteiger partial charge in [-0.15, -0.1) is 11.3 Å². The highest BCUT2D eigenvalue weighted by atomic mass is 32.1. The predicted molar refractivity (Wildman–Crippen MR) is 56.0 cm³/mol. The zero-order chi connectivity index (χ0) is 10.3. The van der Waals surface area contributed by atoms with Crippen LogP contribution in [0.5, 0.6) is 0 Å². The molecule has 3 nitrogen and oxygen atoms in total. The molecule has 14 heavy (non-hydrogen) atoms. The summed E-state index contributed by atoms with van der Waals surface area (Å²) in [6.07, 6.45) is 0. The predicted octanol–water partition coefficient (Wildman–Crippen LogP) is 0.302. The molecular formula is C8H7BFNO2S. The van der Waals surface area contributed by atoms with Crippen molar-refractivity contribution in [1.82, 2.24) is 0 Å². The van der Waals surface area contributed by atoms with Gasteiger partial charge in [0, 0.05) is 5.46 Å². The minimum absolute atomic E-state index is 0.0550. The van der Waals surface area contributed by atoms with Crippen LogP contribution in [-0.4, -0.2) is 17.2 Å². The number of thiophene rings is 1. The molecule has 1 heterocycles. The van der Waals surface area contributed by atoms with Gasteiger partial charge in [-0.25, -0.2) is 4.39 Å². The molecule has 72 valence electrons. The molecule has 0 unspecified atom stereocenters. The van der Waals surface area contributed by atoms with E-state index in [1.807, 2.05) is 0 Å². The lowest BCUT2D eigenvalue weighted by molar-refractivity contribution is 0.426. The number of hydrogen-bond acceptors (Lipinski definition) is 4. The molecule has 0 aliphatic heterocycles. The quantitative estimate of drug-likeness (QED) is 0.469. The van der Waals surface area contributed by atoms with E-state index in [-0.39, 0.29) is 5.69 Å². The molecule has 1 aromatic carbocycles. The third-order valence-corrected chi connectivity index (χ3v) is 3.08. The average Bonchev–Trinajstić information content (AvgIpc) is 2.55. The lowest BCUT2D eigenvalue weighted by atomic mass is 9.80. The summed E-state index contributed by atoms with van der Waals surface area (Å²) in [5.74, 6) is -0.488. The van der Waals surface area contributed by atoms with Gasteiger partial charge in [-0.05, 0) is 16.8 Å². The molecule has 0 fully saturated rings. The van der Waals surface area contributed by atoms with E-state index in [4.69, 9.17) is 15.8 Å². The van der Waals surface area contributed by atoms with Crippen LogP contribution in [0, 0.1) is 5.82 Å². The molecule has 0 atom stereocenters. The van der Waals surface area contributed by atoms with Crippen molar-refractivity contribution in [2.45, 2.75) is 0 Å². The smallest absolute Gasteiger partial charge is 0.423 e. The SMILES string of the molecule is Nc1c(F)ccc2c(B(O)O)csc12. The molecular weight excluding hydrogens is 204 g/mol. The van der Waals surface area contributed by atoms with Crippen LogP contribution < -0.4 is 11.2 Å². The maximum atomic E-state index is 13.0. The van der Waals surface area contributed by atoms with Gasteiger partial charge in [0.15, 0.2) is 0 Å². The molecule has 0 bridgehead atoms. The van der Waals surface area contributed by atoms with E-state index in [9.17, 15) is 4.39 Å². The van der Waals surface area contributed by atoms with Gasteiger partial charge in [0.2, 0.25) is 0 Å². The van der Waals surface area contributed by atoms with Crippen molar-refractivity contribution in [2.24, 2.45) is 0 Å². The van der Waals surface area contributed by atoms with Crippen LogP contribution in [-0.2, 0) is 0 Å². The number of nitrogens with two attached hydrogens (primary N) is 1. The maximum absolute atomic E-state index is 13.0. The molecule has 1 aromatic heterocycles. The average molecular weight is 211 g/mol. The third-order valence-electron chi connectivity index (χ3n) is 2.04. The van der Waals surface area contributed by atoms with Crippen molar-refractivity contribution in [1.29, 1.82) is 0 Å². The molecule has 6 heteroatoms. The lowest BCUT2D eigenvalue weighted by Crippen LogP contribution is -2.28. The summed E-state index contributed by atoms with van der Waals surface area (Å²) in [6.45, 7) is 0. The second-order valence-corrected chi connectivity index (χ2v) is 3.78. The van der Waals surface area contributed by atoms with Crippen LogP contribution in [0.15, 0.2) is 17.5 Å². The number of anilines is 1. The summed E-state index contributed by atoms with van der Waals surface area (Å²) in [4.78, 5) is 0. The molecule has 0 saturated heterocycles. The fourth-order valence-electron chi connectivity index (χ4n) is 1.32. The van der Waals surface area contributed by atoms with Crippen LogP contribution in [0.4, 0.5) is 10.1 Å². The van der Waals surface area contributed by atoms with Crippen LogP contribution in [0.3, 0.4) is 0 Å². The van der Waals surface area contributed by atoms with Crippen molar-refractivity contribution < 1.29 is 14.4 Å². The van der Waals surface area contributed by atoms with E-state index in [1.54, 1.807) is 5.38 Å². The summed E-state index contributed by atoms with van der Waals surface area (Å²) in [7, 11) is -1.55. The zero-order valence-electron chi connectivity index (χ0n) is 7.07. The molecule has 0 saturated carbocycles.